The van der Waals surface area contributed by atoms with E-state index in [9.17, 15) is 0 Å². The van der Waals surface area contributed by atoms with Gasteiger partial charge < -0.3 is 10.1 Å². The van der Waals surface area contributed by atoms with Crippen molar-refractivity contribution in [3.05, 3.63) is 0 Å². The molecular formula is C9H18N2O. The van der Waals surface area contributed by atoms with Gasteiger partial charge in [-0.3, -0.25) is 4.90 Å². The summed E-state index contributed by atoms with van der Waals surface area (Å²) in [6.45, 7) is 4.84. The van der Waals surface area contributed by atoms with Crippen LogP contribution in [0.15, 0.2) is 0 Å². The number of ether oxygens (including phenoxy) is 1. The van der Waals surface area contributed by atoms with Crippen molar-refractivity contribution in [3.63, 3.8) is 0 Å². The Morgan fingerprint density at radius 2 is 1.92 bits per heavy atom. The summed E-state index contributed by atoms with van der Waals surface area (Å²) in [6, 6.07) is 0.822. The number of methoxy groups -OCH3 is 1. The first-order valence-electron chi connectivity index (χ1n) is 4.87. The average molecular weight is 170 g/mol. The SMILES string of the molecule is COC1CCN(C2CNC2)CC1. The van der Waals surface area contributed by atoms with Crippen LogP contribution in [0.5, 0.6) is 0 Å². The molecule has 0 radical (unpaired) electrons. The number of likely N-dealkylation sites (tertiary alicyclic amines) is 1. The topological polar surface area (TPSA) is 24.5 Å². The highest BCUT2D eigenvalue weighted by atomic mass is 16.5. The Bertz CT molecular complexity index is 139. The molecule has 1 N–H and O–H groups in total. The third kappa shape index (κ3) is 1.63. The zero-order chi connectivity index (χ0) is 8.39. The molecule has 0 aliphatic carbocycles. The Morgan fingerprint density at radius 1 is 1.25 bits per heavy atom. The quantitative estimate of drug-likeness (QED) is 0.634. The summed E-state index contributed by atoms with van der Waals surface area (Å²) in [5.41, 5.74) is 0. The molecule has 0 atom stereocenters. The standard InChI is InChI=1S/C9H18N2O/c1-12-9-2-4-11(5-3-9)8-6-10-7-8/h8-10H,2-7H2,1H3. The van der Waals surface area contributed by atoms with E-state index < -0.39 is 0 Å². The van der Waals surface area contributed by atoms with Crippen molar-refractivity contribution >= 4 is 0 Å². The molecule has 2 aliphatic rings. The van der Waals surface area contributed by atoms with Gasteiger partial charge in [0.2, 0.25) is 0 Å². The van der Waals surface area contributed by atoms with Gasteiger partial charge >= 0.3 is 0 Å². The molecule has 2 saturated heterocycles. The molecule has 2 aliphatic heterocycles. The van der Waals surface area contributed by atoms with Gasteiger partial charge in [0.1, 0.15) is 0 Å². The van der Waals surface area contributed by atoms with E-state index in [1.807, 2.05) is 7.11 Å². The molecule has 0 saturated carbocycles. The second kappa shape index (κ2) is 3.73. The predicted octanol–water partition coefficient (Wildman–Crippen LogP) is 0.0690. The lowest BCUT2D eigenvalue weighted by atomic mass is 10.0. The van der Waals surface area contributed by atoms with Gasteiger partial charge in [-0.15, -0.1) is 0 Å². The molecule has 3 heteroatoms. The molecule has 0 spiro atoms. The zero-order valence-corrected chi connectivity index (χ0v) is 7.75. The Morgan fingerprint density at radius 3 is 2.33 bits per heavy atom. The molecule has 70 valence electrons. The number of piperidine rings is 1. The Hall–Kier alpha value is -0.120. The molecule has 2 rings (SSSR count). The highest BCUT2D eigenvalue weighted by Gasteiger charge is 2.28. The molecule has 0 bridgehead atoms. The minimum atomic E-state index is 0.522. The van der Waals surface area contributed by atoms with Gasteiger partial charge in [-0.1, -0.05) is 0 Å². The van der Waals surface area contributed by atoms with Crippen LogP contribution in [-0.4, -0.2) is 50.3 Å². The highest BCUT2D eigenvalue weighted by molar-refractivity contribution is 4.87. The molecule has 0 aromatic carbocycles. The third-order valence-corrected chi connectivity index (χ3v) is 3.09. The summed E-state index contributed by atoms with van der Waals surface area (Å²) in [4.78, 5) is 2.59. The van der Waals surface area contributed by atoms with Crippen LogP contribution in [0, 0.1) is 0 Å². The fraction of sp³-hybridized carbons (Fsp3) is 1.00. The monoisotopic (exact) mass is 170 g/mol. The van der Waals surface area contributed by atoms with E-state index in [1.54, 1.807) is 0 Å². The highest BCUT2D eigenvalue weighted by Crippen LogP contribution is 2.16. The predicted molar refractivity (Wildman–Crippen MR) is 48.3 cm³/mol. The summed E-state index contributed by atoms with van der Waals surface area (Å²) in [7, 11) is 1.82. The molecule has 0 aromatic heterocycles. The van der Waals surface area contributed by atoms with Gasteiger partial charge in [0.15, 0.2) is 0 Å². The second-order valence-corrected chi connectivity index (χ2v) is 3.78. The second-order valence-electron chi connectivity index (χ2n) is 3.78. The zero-order valence-electron chi connectivity index (χ0n) is 7.75. The maximum Gasteiger partial charge on any atom is 0.0595 e. The molecule has 0 unspecified atom stereocenters. The van der Waals surface area contributed by atoms with E-state index in [0.717, 1.165) is 6.04 Å². The lowest BCUT2D eigenvalue weighted by Crippen LogP contribution is -2.59. The Kier molecular flexibility index (Phi) is 2.63. The van der Waals surface area contributed by atoms with Crippen LogP contribution in [0.25, 0.3) is 0 Å². The molecule has 2 fully saturated rings. The number of hydrogen-bond acceptors (Lipinski definition) is 3. The molecule has 0 aromatic rings. The molecule has 12 heavy (non-hydrogen) atoms. The van der Waals surface area contributed by atoms with Crippen molar-refractivity contribution in [2.24, 2.45) is 0 Å². The van der Waals surface area contributed by atoms with Crippen LogP contribution >= 0.6 is 0 Å². The fourth-order valence-electron chi connectivity index (χ4n) is 2.01. The van der Waals surface area contributed by atoms with E-state index in [4.69, 9.17) is 4.74 Å². The Labute approximate surface area is 74.1 Å². The minimum Gasteiger partial charge on any atom is -0.381 e. The van der Waals surface area contributed by atoms with Crippen LogP contribution < -0.4 is 5.32 Å². The van der Waals surface area contributed by atoms with Crippen molar-refractivity contribution in [1.29, 1.82) is 0 Å². The average Bonchev–Trinajstić information content (AvgIpc) is 2.03. The summed E-state index contributed by atoms with van der Waals surface area (Å²) in [5.74, 6) is 0. The summed E-state index contributed by atoms with van der Waals surface area (Å²) in [5, 5.41) is 3.31. The number of rotatable bonds is 2. The van der Waals surface area contributed by atoms with Crippen LogP contribution in [0.4, 0.5) is 0 Å². The van der Waals surface area contributed by atoms with Crippen molar-refractivity contribution in [2.45, 2.75) is 25.0 Å². The van der Waals surface area contributed by atoms with Crippen molar-refractivity contribution in [2.75, 3.05) is 33.3 Å². The van der Waals surface area contributed by atoms with E-state index in [0.29, 0.717) is 6.10 Å². The summed E-state index contributed by atoms with van der Waals surface area (Å²) < 4.78 is 5.33. The van der Waals surface area contributed by atoms with E-state index in [2.05, 4.69) is 10.2 Å². The van der Waals surface area contributed by atoms with Gasteiger partial charge in [0, 0.05) is 39.3 Å². The first-order chi connectivity index (χ1) is 5.90. The first kappa shape index (κ1) is 8.48. The van der Waals surface area contributed by atoms with E-state index >= 15 is 0 Å². The van der Waals surface area contributed by atoms with Crippen molar-refractivity contribution in [1.82, 2.24) is 10.2 Å². The summed E-state index contributed by atoms with van der Waals surface area (Å²) in [6.07, 6.45) is 2.95. The maximum atomic E-state index is 5.33. The van der Waals surface area contributed by atoms with E-state index in [1.165, 1.54) is 39.0 Å². The largest absolute Gasteiger partial charge is 0.381 e. The molecule has 0 amide bonds. The third-order valence-electron chi connectivity index (χ3n) is 3.09. The van der Waals surface area contributed by atoms with Gasteiger partial charge in [-0.2, -0.15) is 0 Å². The fourth-order valence-corrected chi connectivity index (χ4v) is 2.01. The number of nitrogens with one attached hydrogen (secondary N) is 1. The summed E-state index contributed by atoms with van der Waals surface area (Å²) >= 11 is 0. The maximum absolute atomic E-state index is 5.33. The smallest absolute Gasteiger partial charge is 0.0595 e. The van der Waals surface area contributed by atoms with Crippen molar-refractivity contribution in [3.8, 4) is 0 Å². The molecule has 3 nitrogen and oxygen atoms in total. The van der Waals surface area contributed by atoms with Crippen LogP contribution in [0.2, 0.25) is 0 Å². The number of nitrogens with zero attached hydrogens (tertiary/aromatic N) is 1. The van der Waals surface area contributed by atoms with Gasteiger partial charge in [-0.25, -0.2) is 0 Å². The van der Waals surface area contributed by atoms with Gasteiger partial charge in [0.05, 0.1) is 6.10 Å². The van der Waals surface area contributed by atoms with Gasteiger partial charge in [-0.05, 0) is 12.8 Å². The molecule has 2 heterocycles. The van der Waals surface area contributed by atoms with E-state index in [-0.39, 0.29) is 0 Å². The lowest BCUT2D eigenvalue weighted by molar-refractivity contribution is 0.0183. The van der Waals surface area contributed by atoms with Crippen molar-refractivity contribution < 1.29 is 4.74 Å². The van der Waals surface area contributed by atoms with Crippen LogP contribution in [0.3, 0.4) is 0 Å². The molecular weight excluding hydrogens is 152 g/mol. The van der Waals surface area contributed by atoms with Gasteiger partial charge in [0.25, 0.3) is 0 Å². The van der Waals surface area contributed by atoms with Crippen LogP contribution in [-0.2, 0) is 4.74 Å². The minimum absolute atomic E-state index is 0.522. The first-order valence-corrected chi connectivity index (χ1v) is 4.87. The lowest BCUT2D eigenvalue weighted by Gasteiger charge is -2.41. The Balaban J connectivity index is 1.74. The normalized spacial score (nSPS) is 28.8. The number of hydrogen-bond donors (Lipinski definition) is 1. The van der Waals surface area contributed by atoms with Crippen LogP contribution in [0.1, 0.15) is 12.8 Å².